The molecule has 32 heavy (non-hydrogen) atoms. The van der Waals surface area contributed by atoms with Gasteiger partial charge in [0, 0.05) is 51.8 Å². The van der Waals surface area contributed by atoms with E-state index in [1.54, 1.807) is 24.0 Å². The molecular formula is C25H37N3O4. The molecule has 0 aliphatic heterocycles. The zero-order valence-corrected chi connectivity index (χ0v) is 20.3. The van der Waals surface area contributed by atoms with Crippen LogP contribution in [-0.2, 0) is 33.3 Å². The Morgan fingerprint density at radius 3 is 2.03 bits per heavy atom. The maximum atomic E-state index is 13.2. The summed E-state index contributed by atoms with van der Waals surface area (Å²) in [6.07, 6.45) is 1.95. The highest BCUT2D eigenvalue weighted by Gasteiger charge is 2.23. The molecule has 1 heterocycles. The molecule has 2 rings (SSSR count). The van der Waals surface area contributed by atoms with Crippen LogP contribution in [0, 0.1) is 0 Å². The van der Waals surface area contributed by atoms with Crippen LogP contribution in [0.25, 0.3) is 0 Å². The fourth-order valence-electron chi connectivity index (χ4n) is 3.36. The summed E-state index contributed by atoms with van der Waals surface area (Å²) < 4.78 is 12.4. The highest BCUT2D eigenvalue weighted by Crippen LogP contribution is 2.22. The van der Waals surface area contributed by atoms with Gasteiger partial charge in [0.25, 0.3) is 5.91 Å². The molecule has 2 aromatic rings. The molecule has 0 aliphatic carbocycles. The molecule has 0 saturated carbocycles. The third-order valence-electron chi connectivity index (χ3n) is 5.50. The standard InChI is InChI=1S/C25H37N3O4/c1-25(2,3)21-11-9-20(10-12-21)24(30)28(15-17-32-6)19-23(29)27(14-16-31-5)18-22-8-7-13-26(22)4/h7-13H,14-19H2,1-6H3. The van der Waals surface area contributed by atoms with Gasteiger partial charge < -0.3 is 23.8 Å². The molecule has 0 atom stereocenters. The molecule has 0 unspecified atom stereocenters. The van der Waals surface area contributed by atoms with E-state index in [1.807, 2.05) is 54.2 Å². The summed E-state index contributed by atoms with van der Waals surface area (Å²) in [5.74, 6) is -0.305. The topological polar surface area (TPSA) is 64.0 Å². The molecule has 0 radical (unpaired) electrons. The van der Waals surface area contributed by atoms with Crippen LogP contribution in [0.5, 0.6) is 0 Å². The van der Waals surface area contributed by atoms with Gasteiger partial charge in [-0.15, -0.1) is 0 Å². The average molecular weight is 444 g/mol. The molecule has 0 spiro atoms. The van der Waals surface area contributed by atoms with Crippen LogP contribution in [0.15, 0.2) is 42.6 Å². The van der Waals surface area contributed by atoms with Gasteiger partial charge in [0.05, 0.1) is 19.8 Å². The Balaban J connectivity index is 2.18. The Kier molecular flexibility index (Phi) is 9.47. The second kappa shape index (κ2) is 11.8. The summed E-state index contributed by atoms with van der Waals surface area (Å²) in [4.78, 5) is 29.7. The lowest BCUT2D eigenvalue weighted by Crippen LogP contribution is -2.45. The molecule has 7 heteroatoms. The van der Waals surface area contributed by atoms with E-state index in [4.69, 9.17) is 9.47 Å². The van der Waals surface area contributed by atoms with Crippen LogP contribution >= 0.6 is 0 Å². The molecule has 176 valence electrons. The minimum atomic E-state index is -0.179. The third kappa shape index (κ3) is 7.21. The summed E-state index contributed by atoms with van der Waals surface area (Å²) >= 11 is 0. The van der Waals surface area contributed by atoms with E-state index in [-0.39, 0.29) is 23.8 Å². The molecule has 0 fully saturated rings. The van der Waals surface area contributed by atoms with Crippen LogP contribution in [0.3, 0.4) is 0 Å². The first-order valence-electron chi connectivity index (χ1n) is 10.9. The number of hydrogen-bond acceptors (Lipinski definition) is 4. The molecular weight excluding hydrogens is 406 g/mol. The van der Waals surface area contributed by atoms with Crippen molar-refractivity contribution >= 4 is 11.8 Å². The van der Waals surface area contributed by atoms with Gasteiger partial charge in [0.2, 0.25) is 5.91 Å². The summed E-state index contributed by atoms with van der Waals surface area (Å²) in [7, 11) is 5.15. The van der Waals surface area contributed by atoms with E-state index in [0.717, 1.165) is 11.3 Å². The quantitative estimate of drug-likeness (QED) is 0.535. The van der Waals surface area contributed by atoms with E-state index in [9.17, 15) is 9.59 Å². The van der Waals surface area contributed by atoms with Gasteiger partial charge in [-0.25, -0.2) is 0 Å². The van der Waals surface area contributed by atoms with Crippen molar-refractivity contribution in [2.24, 2.45) is 7.05 Å². The third-order valence-corrected chi connectivity index (χ3v) is 5.50. The van der Waals surface area contributed by atoms with Crippen molar-refractivity contribution in [1.29, 1.82) is 0 Å². The molecule has 0 saturated heterocycles. The Bertz CT molecular complexity index is 868. The smallest absolute Gasteiger partial charge is 0.254 e. The van der Waals surface area contributed by atoms with Gasteiger partial charge in [-0.05, 0) is 35.2 Å². The fourth-order valence-corrected chi connectivity index (χ4v) is 3.36. The number of amides is 2. The number of rotatable bonds is 11. The molecule has 7 nitrogen and oxygen atoms in total. The van der Waals surface area contributed by atoms with Crippen molar-refractivity contribution in [2.75, 3.05) is 47.1 Å². The average Bonchev–Trinajstić information content (AvgIpc) is 3.17. The fraction of sp³-hybridized carbons (Fsp3) is 0.520. The number of methoxy groups -OCH3 is 2. The van der Waals surface area contributed by atoms with Crippen LogP contribution in [-0.4, -0.2) is 73.2 Å². The molecule has 0 aliphatic rings. The minimum absolute atomic E-state index is 0.00602. The monoisotopic (exact) mass is 443 g/mol. The van der Waals surface area contributed by atoms with Crippen LogP contribution in [0.4, 0.5) is 0 Å². The van der Waals surface area contributed by atoms with Crippen molar-refractivity contribution in [1.82, 2.24) is 14.4 Å². The lowest BCUT2D eigenvalue weighted by molar-refractivity contribution is -0.133. The van der Waals surface area contributed by atoms with Crippen molar-refractivity contribution in [3.8, 4) is 0 Å². The predicted octanol–water partition coefficient (Wildman–Crippen LogP) is 3.09. The first-order valence-corrected chi connectivity index (χ1v) is 10.9. The van der Waals surface area contributed by atoms with Crippen LogP contribution in [0.1, 0.15) is 42.4 Å². The maximum Gasteiger partial charge on any atom is 0.254 e. The van der Waals surface area contributed by atoms with Gasteiger partial charge in [-0.2, -0.15) is 0 Å². The number of hydrogen-bond donors (Lipinski definition) is 0. The van der Waals surface area contributed by atoms with Crippen LogP contribution < -0.4 is 0 Å². The van der Waals surface area contributed by atoms with Crippen molar-refractivity contribution in [3.05, 3.63) is 59.4 Å². The van der Waals surface area contributed by atoms with E-state index in [1.165, 1.54) is 0 Å². The molecule has 0 N–H and O–H groups in total. The van der Waals surface area contributed by atoms with Crippen molar-refractivity contribution in [3.63, 3.8) is 0 Å². The van der Waals surface area contributed by atoms with Gasteiger partial charge in [0.1, 0.15) is 6.54 Å². The first kappa shape index (κ1) is 25.6. The Hall–Kier alpha value is -2.64. The summed E-state index contributed by atoms with van der Waals surface area (Å²) in [6, 6.07) is 11.6. The summed E-state index contributed by atoms with van der Waals surface area (Å²) in [6.45, 7) is 8.41. The second-order valence-electron chi connectivity index (χ2n) is 8.97. The summed E-state index contributed by atoms with van der Waals surface area (Å²) in [5, 5.41) is 0. The zero-order valence-electron chi connectivity index (χ0n) is 20.3. The Morgan fingerprint density at radius 1 is 0.938 bits per heavy atom. The van der Waals surface area contributed by atoms with E-state index < -0.39 is 0 Å². The number of carbonyl (C=O) groups excluding carboxylic acids is 2. The van der Waals surface area contributed by atoms with E-state index >= 15 is 0 Å². The SMILES string of the molecule is COCCN(Cc1cccn1C)C(=O)CN(CCOC)C(=O)c1ccc(C(C)(C)C)cc1. The predicted molar refractivity (Wildman–Crippen MR) is 126 cm³/mol. The largest absolute Gasteiger partial charge is 0.383 e. The van der Waals surface area contributed by atoms with Crippen molar-refractivity contribution in [2.45, 2.75) is 32.7 Å². The lowest BCUT2D eigenvalue weighted by atomic mass is 9.86. The second-order valence-corrected chi connectivity index (χ2v) is 8.97. The zero-order chi connectivity index (χ0) is 23.7. The Morgan fingerprint density at radius 2 is 1.53 bits per heavy atom. The maximum absolute atomic E-state index is 13.2. The van der Waals surface area contributed by atoms with E-state index in [0.29, 0.717) is 38.4 Å². The van der Waals surface area contributed by atoms with Crippen LogP contribution in [0.2, 0.25) is 0 Å². The molecule has 2 amide bonds. The van der Waals surface area contributed by atoms with Gasteiger partial charge >= 0.3 is 0 Å². The number of aryl methyl sites for hydroxylation is 1. The van der Waals surface area contributed by atoms with Gasteiger partial charge in [-0.3, -0.25) is 9.59 Å². The lowest BCUT2D eigenvalue weighted by Gasteiger charge is -2.28. The highest BCUT2D eigenvalue weighted by molar-refractivity contribution is 5.96. The van der Waals surface area contributed by atoms with Gasteiger partial charge in [-0.1, -0.05) is 32.9 Å². The Labute approximate surface area is 191 Å². The number of nitrogens with zero attached hydrogens (tertiary/aromatic N) is 3. The molecule has 1 aromatic heterocycles. The number of benzene rings is 1. The van der Waals surface area contributed by atoms with Gasteiger partial charge in [0.15, 0.2) is 0 Å². The number of carbonyl (C=O) groups is 2. The molecule has 0 bridgehead atoms. The van der Waals surface area contributed by atoms with E-state index in [2.05, 4.69) is 20.8 Å². The number of aromatic nitrogens is 1. The normalized spacial score (nSPS) is 11.4. The summed E-state index contributed by atoms with van der Waals surface area (Å²) in [5.41, 5.74) is 2.74. The first-order chi connectivity index (χ1) is 15.2. The van der Waals surface area contributed by atoms with Crippen molar-refractivity contribution < 1.29 is 19.1 Å². The molecule has 1 aromatic carbocycles. The highest BCUT2D eigenvalue weighted by atomic mass is 16.5. The minimum Gasteiger partial charge on any atom is -0.383 e. The number of ether oxygens (including phenoxy) is 2.